The van der Waals surface area contributed by atoms with Crippen molar-refractivity contribution in [1.82, 2.24) is 5.32 Å². The Labute approximate surface area is 132 Å². The van der Waals surface area contributed by atoms with E-state index in [-0.39, 0.29) is 11.9 Å². The van der Waals surface area contributed by atoms with Crippen molar-refractivity contribution in [3.05, 3.63) is 42.0 Å². The summed E-state index contributed by atoms with van der Waals surface area (Å²) in [7, 11) is 0. The van der Waals surface area contributed by atoms with Crippen molar-refractivity contribution in [2.45, 2.75) is 40.2 Å². The molecule has 0 fully saturated rings. The summed E-state index contributed by atoms with van der Waals surface area (Å²) in [5.41, 5.74) is 0.645. The van der Waals surface area contributed by atoms with Gasteiger partial charge in [-0.25, -0.2) is 0 Å². The van der Waals surface area contributed by atoms with Crippen LogP contribution in [0.3, 0.4) is 0 Å². The monoisotopic (exact) mass is 299 g/mol. The van der Waals surface area contributed by atoms with E-state index in [1.54, 1.807) is 0 Å². The number of amides is 1. The Hall–Kier alpha value is -2.03. The highest BCUT2D eigenvalue weighted by molar-refractivity contribution is 6.00. The van der Waals surface area contributed by atoms with Gasteiger partial charge in [-0.3, -0.25) is 4.79 Å². The molecule has 0 bridgehead atoms. The molecule has 2 aromatic carbocycles. The molecular weight excluding hydrogens is 274 g/mol. The largest absolute Gasteiger partial charge is 0.493 e. The van der Waals surface area contributed by atoms with E-state index in [9.17, 15) is 4.79 Å². The lowest BCUT2D eigenvalue weighted by Gasteiger charge is -2.14. The molecule has 0 saturated heterocycles. The van der Waals surface area contributed by atoms with Gasteiger partial charge in [0, 0.05) is 17.0 Å². The Morgan fingerprint density at radius 1 is 1.14 bits per heavy atom. The van der Waals surface area contributed by atoms with E-state index in [0.717, 1.165) is 22.9 Å². The molecule has 1 N–H and O–H groups in total. The lowest BCUT2D eigenvalue weighted by molar-refractivity contribution is 0.0943. The second kappa shape index (κ2) is 7.30. The van der Waals surface area contributed by atoms with Crippen LogP contribution in [-0.2, 0) is 0 Å². The van der Waals surface area contributed by atoms with Crippen LogP contribution in [0.2, 0.25) is 0 Å². The molecule has 118 valence electrons. The summed E-state index contributed by atoms with van der Waals surface area (Å²) < 4.78 is 5.95. The topological polar surface area (TPSA) is 38.3 Å². The normalized spacial score (nSPS) is 11.2. The third-order valence-corrected chi connectivity index (χ3v) is 3.46. The van der Waals surface area contributed by atoms with Crippen molar-refractivity contribution in [3.8, 4) is 5.75 Å². The maximum absolute atomic E-state index is 12.3. The second-order valence-electron chi connectivity index (χ2n) is 6.35. The van der Waals surface area contributed by atoms with Gasteiger partial charge in [0.05, 0.1) is 6.61 Å². The summed E-state index contributed by atoms with van der Waals surface area (Å²) in [6.07, 6.45) is 0.997. The van der Waals surface area contributed by atoms with E-state index in [1.807, 2.05) is 50.2 Å². The molecule has 3 heteroatoms. The predicted octanol–water partition coefficient (Wildman–Crippen LogP) is 4.40. The van der Waals surface area contributed by atoms with E-state index < -0.39 is 0 Å². The van der Waals surface area contributed by atoms with Gasteiger partial charge in [-0.1, -0.05) is 38.1 Å². The number of hydrogen-bond donors (Lipinski definition) is 1. The Balaban J connectivity index is 2.33. The zero-order chi connectivity index (χ0) is 16.1. The molecular formula is C19H25NO2. The van der Waals surface area contributed by atoms with Crippen LogP contribution < -0.4 is 10.1 Å². The summed E-state index contributed by atoms with van der Waals surface area (Å²) in [5, 5.41) is 5.01. The molecule has 1 amide bonds. The molecule has 0 atom stereocenters. The number of carbonyl (C=O) groups is 1. The Kier molecular flexibility index (Phi) is 5.42. The van der Waals surface area contributed by atoms with Gasteiger partial charge >= 0.3 is 0 Å². The average molecular weight is 299 g/mol. The fourth-order valence-corrected chi connectivity index (χ4v) is 2.28. The van der Waals surface area contributed by atoms with Crippen molar-refractivity contribution in [2.24, 2.45) is 5.92 Å². The van der Waals surface area contributed by atoms with Crippen molar-refractivity contribution < 1.29 is 9.53 Å². The van der Waals surface area contributed by atoms with Gasteiger partial charge in [0.25, 0.3) is 5.91 Å². The minimum atomic E-state index is -0.0607. The summed E-state index contributed by atoms with van der Waals surface area (Å²) in [4.78, 5) is 12.3. The Bertz CT molecular complexity index is 647. The highest BCUT2D eigenvalue weighted by Gasteiger charge is 2.12. The maximum atomic E-state index is 12.3. The fourth-order valence-electron chi connectivity index (χ4n) is 2.28. The van der Waals surface area contributed by atoms with Crippen molar-refractivity contribution in [3.63, 3.8) is 0 Å². The van der Waals surface area contributed by atoms with Gasteiger partial charge in [-0.15, -0.1) is 0 Å². The molecule has 0 aliphatic rings. The smallest absolute Gasteiger partial charge is 0.251 e. The summed E-state index contributed by atoms with van der Waals surface area (Å²) in [6.45, 7) is 8.93. The molecule has 3 nitrogen and oxygen atoms in total. The second-order valence-corrected chi connectivity index (χ2v) is 6.35. The van der Waals surface area contributed by atoms with Gasteiger partial charge in [0.1, 0.15) is 5.75 Å². The molecule has 0 heterocycles. The summed E-state index contributed by atoms with van der Waals surface area (Å²) in [6, 6.07) is 11.9. The molecule has 22 heavy (non-hydrogen) atoms. The minimum absolute atomic E-state index is 0.0607. The summed E-state index contributed by atoms with van der Waals surface area (Å²) >= 11 is 0. The lowest BCUT2D eigenvalue weighted by Crippen LogP contribution is -2.30. The van der Waals surface area contributed by atoms with Crippen LogP contribution in [0.1, 0.15) is 44.5 Å². The first-order valence-corrected chi connectivity index (χ1v) is 7.94. The average Bonchev–Trinajstić information content (AvgIpc) is 2.45. The zero-order valence-corrected chi connectivity index (χ0v) is 13.8. The zero-order valence-electron chi connectivity index (χ0n) is 13.8. The number of benzene rings is 2. The molecule has 0 radical (unpaired) electrons. The van der Waals surface area contributed by atoms with Gasteiger partial charge in [-0.05, 0) is 43.7 Å². The third kappa shape index (κ3) is 4.23. The number of carbonyl (C=O) groups excluding carboxylic acids is 1. The van der Waals surface area contributed by atoms with Crippen LogP contribution in [0.15, 0.2) is 36.4 Å². The van der Waals surface area contributed by atoms with Gasteiger partial charge in [-0.2, -0.15) is 0 Å². The first kappa shape index (κ1) is 16.3. The van der Waals surface area contributed by atoms with Crippen LogP contribution in [-0.4, -0.2) is 18.6 Å². The van der Waals surface area contributed by atoms with Gasteiger partial charge < -0.3 is 10.1 Å². The highest BCUT2D eigenvalue weighted by Crippen LogP contribution is 2.28. The van der Waals surface area contributed by atoms with Crippen LogP contribution in [0.5, 0.6) is 5.75 Å². The molecule has 2 rings (SSSR count). The first-order valence-electron chi connectivity index (χ1n) is 7.94. The van der Waals surface area contributed by atoms with Crippen molar-refractivity contribution in [1.29, 1.82) is 0 Å². The van der Waals surface area contributed by atoms with E-state index in [4.69, 9.17) is 4.74 Å². The molecule has 0 spiro atoms. The van der Waals surface area contributed by atoms with E-state index in [0.29, 0.717) is 18.1 Å². The SMILES string of the molecule is CC(C)CCOc1cc(C(=O)NC(C)C)cc2ccccc12. The highest BCUT2D eigenvalue weighted by atomic mass is 16.5. The molecule has 2 aromatic rings. The van der Waals surface area contributed by atoms with Crippen LogP contribution >= 0.6 is 0 Å². The number of ether oxygens (including phenoxy) is 1. The Morgan fingerprint density at radius 2 is 1.86 bits per heavy atom. The maximum Gasteiger partial charge on any atom is 0.251 e. The number of nitrogens with one attached hydrogen (secondary N) is 1. The first-order chi connectivity index (χ1) is 10.5. The van der Waals surface area contributed by atoms with Crippen molar-refractivity contribution >= 4 is 16.7 Å². The lowest BCUT2D eigenvalue weighted by atomic mass is 10.0. The van der Waals surface area contributed by atoms with Crippen LogP contribution in [0, 0.1) is 5.92 Å². The molecule has 0 saturated carbocycles. The van der Waals surface area contributed by atoms with Crippen LogP contribution in [0.25, 0.3) is 10.8 Å². The fraction of sp³-hybridized carbons (Fsp3) is 0.421. The minimum Gasteiger partial charge on any atom is -0.493 e. The number of hydrogen-bond acceptors (Lipinski definition) is 2. The summed E-state index contributed by atoms with van der Waals surface area (Å²) in [5.74, 6) is 1.32. The predicted molar refractivity (Wildman–Crippen MR) is 91.5 cm³/mol. The standard InChI is InChI=1S/C19H25NO2/c1-13(2)9-10-22-18-12-16(19(21)20-14(3)4)11-15-7-5-6-8-17(15)18/h5-8,11-14H,9-10H2,1-4H3,(H,20,21). The van der Waals surface area contributed by atoms with E-state index in [1.165, 1.54) is 0 Å². The number of rotatable bonds is 6. The molecule has 0 unspecified atom stereocenters. The third-order valence-electron chi connectivity index (χ3n) is 3.46. The van der Waals surface area contributed by atoms with Crippen molar-refractivity contribution in [2.75, 3.05) is 6.61 Å². The Morgan fingerprint density at radius 3 is 2.55 bits per heavy atom. The van der Waals surface area contributed by atoms with Crippen LogP contribution in [0.4, 0.5) is 0 Å². The molecule has 0 aliphatic carbocycles. The van der Waals surface area contributed by atoms with Gasteiger partial charge in [0.2, 0.25) is 0 Å². The molecule has 0 aliphatic heterocycles. The number of fused-ring (bicyclic) bond motifs is 1. The molecule has 0 aromatic heterocycles. The van der Waals surface area contributed by atoms with E-state index >= 15 is 0 Å². The van der Waals surface area contributed by atoms with Gasteiger partial charge in [0.15, 0.2) is 0 Å². The quantitative estimate of drug-likeness (QED) is 0.858. The van der Waals surface area contributed by atoms with E-state index in [2.05, 4.69) is 19.2 Å².